The Bertz CT molecular complexity index is 134. The summed E-state index contributed by atoms with van der Waals surface area (Å²) in [6.07, 6.45) is 4.59. The van der Waals surface area contributed by atoms with Crippen LogP contribution >= 0.6 is 0 Å². The molecule has 0 spiro atoms. The molecule has 0 saturated heterocycles. The van der Waals surface area contributed by atoms with Crippen molar-refractivity contribution in [3.63, 3.8) is 0 Å². The van der Waals surface area contributed by atoms with E-state index in [4.69, 9.17) is 0 Å². The Morgan fingerprint density at radius 2 is 1.67 bits per heavy atom. The average Bonchev–Trinajstić information content (AvgIpc) is 2.14. The third-order valence-corrected chi connectivity index (χ3v) is 2.49. The molecule has 0 aliphatic heterocycles. The van der Waals surface area contributed by atoms with E-state index in [9.17, 15) is 5.11 Å². The molecule has 0 bridgehead atoms. The lowest BCUT2D eigenvalue weighted by atomic mass is 10.1. The molecule has 2 N–H and O–H groups in total. The number of aliphatic hydroxyl groups is 1. The van der Waals surface area contributed by atoms with Crippen molar-refractivity contribution >= 4 is 0 Å². The Labute approximate surface area is 94.9 Å². The molecule has 0 heterocycles. The Kier molecular flexibility index (Phi) is 9.06. The van der Waals surface area contributed by atoms with E-state index >= 15 is 0 Å². The minimum Gasteiger partial charge on any atom is -0.390 e. The summed E-state index contributed by atoms with van der Waals surface area (Å²) < 4.78 is 0. The van der Waals surface area contributed by atoms with Crippen molar-refractivity contribution in [3.8, 4) is 0 Å². The van der Waals surface area contributed by atoms with Crippen molar-refractivity contribution in [1.82, 2.24) is 10.2 Å². The van der Waals surface area contributed by atoms with Crippen LogP contribution in [0.5, 0.6) is 0 Å². The highest BCUT2D eigenvalue weighted by atomic mass is 16.3. The molecule has 0 radical (unpaired) electrons. The monoisotopic (exact) mass is 216 g/mol. The summed E-state index contributed by atoms with van der Waals surface area (Å²) in [5.74, 6) is 0. The summed E-state index contributed by atoms with van der Waals surface area (Å²) in [7, 11) is 3.97. The van der Waals surface area contributed by atoms with E-state index in [1.165, 1.54) is 25.7 Å². The van der Waals surface area contributed by atoms with Crippen LogP contribution in [-0.2, 0) is 0 Å². The van der Waals surface area contributed by atoms with Gasteiger partial charge in [0.2, 0.25) is 0 Å². The highest BCUT2D eigenvalue weighted by Gasteiger charge is 2.09. The molecule has 0 fully saturated rings. The van der Waals surface area contributed by atoms with E-state index in [0.717, 1.165) is 6.54 Å². The van der Waals surface area contributed by atoms with E-state index in [-0.39, 0.29) is 6.10 Å². The third kappa shape index (κ3) is 8.85. The van der Waals surface area contributed by atoms with Gasteiger partial charge in [0.15, 0.2) is 0 Å². The van der Waals surface area contributed by atoms with Gasteiger partial charge in [-0.2, -0.15) is 0 Å². The Hall–Kier alpha value is -0.120. The molecule has 0 rings (SSSR count). The number of aliphatic hydroxyl groups excluding tert-OH is 1. The van der Waals surface area contributed by atoms with Crippen molar-refractivity contribution in [2.24, 2.45) is 0 Å². The van der Waals surface area contributed by atoms with Crippen LogP contribution < -0.4 is 5.32 Å². The van der Waals surface area contributed by atoms with Crippen LogP contribution in [-0.4, -0.2) is 49.3 Å². The maximum Gasteiger partial charge on any atom is 0.0791 e. The summed E-state index contributed by atoms with van der Waals surface area (Å²) in [5.41, 5.74) is 0. The lowest BCUT2D eigenvalue weighted by Gasteiger charge is -2.21. The molecule has 0 aromatic heterocycles. The molecule has 92 valence electrons. The highest BCUT2D eigenvalue weighted by molar-refractivity contribution is 4.69. The van der Waals surface area contributed by atoms with Crippen molar-refractivity contribution in [3.05, 3.63) is 0 Å². The first-order chi connectivity index (χ1) is 7.10. The lowest BCUT2D eigenvalue weighted by molar-refractivity contribution is 0.130. The Morgan fingerprint density at radius 3 is 2.07 bits per heavy atom. The van der Waals surface area contributed by atoms with E-state index in [0.29, 0.717) is 12.6 Å². The maximum atomic E-state index is 9.70. The van der Waals surface area contributed by atoms with E-state index in [1.807, 2.05) is 19.0 Å². The van der Waals surface area contributed by atoms with Crippen LogP contribution in [0.4, 0.5) is 0 Å². The third-order valence-electron chi connectivity index (χ3n) is 2.49. The zero-order valence-electron chi connectivity index (χ0n) is 10.8. The Balaban J connectivity index is 3.67. The molecule has 0 amide bonds. The molecule has 3 heteroatoms. The van der Waals surface area contributed by atoms with Crippen LogP contribution in [0, 0.1) is 0 Å². The van der Waals surface area contributed by atoms with Gasteiger partial charge in [0.25, 0.3) is 0 Å². The second-order valence-corrected chi connectivity index (χ2v) is 4.60. The molecule has 1 unspecified atom stereocenters. The fourth-order valence-corrected chi connectivity index (χ4v) is 1.83. The van der Waals surface area contributed by atoms with Crippen molar-refractivity contribution in [2.45, 2.75) is 51.7 Å². The van der Waals surface area contributed by atoms with Gasteiger partial charge in [-0.25, -0.2) is 0 Å². The van der Waals surface area contributed by atoms with Crippen molar-refractivity contribution in [1.29, 1.82) is 0 Å². The summed E-state index contributed by atoms with van der Waals surface area (Å²) >= 11 is 0. The van der Waals surface area contributed by atoms with E-state index < -0.39 is 0 Å². The van der Waals surface area contributed by atoms with Crippen LogP contribution in [0.2, 0.25) is 0 Å². The summed E-state index contributed by atoms with van der Waals surface area (Å²) in [6.45, 7) is 5.86. The van der Waals surface area contributed by atoms with E-state index in [2.05, 4.69) is 19.2 Å². The van der Waals surface area contributed by atoms with Gasteiger partial charge in [-0.15, -0.1) is 0 Å². The minimum absolute atomic E-state index is 0.254. The number of rotatable bonds is 9. The van der Waals surface area contributed by atoms with Gasteiger partial charge in [0, 0.05) is 19.1 Å². The predicted octanol–water partition coefficient (Wildman–Crippen LogP) is 1.47. The fourth-order valence-electron chi connectivity index (χ4n) is 1.83. The molecule has 0 aliphatic carbocycles. The van der Waals surface area contributed by atoms with Gasteiger partial charge in [0.1, 0.15) is 0 Å². The van der Waals surface area contributed by atoms with Gasteiger partial charge in [-0.3, -0.25) is 0 Å². The fraction of sp³-hybridized carbons (Fsp3) is 1.00. The van der Waals surface area contributed by atoms with Crippen LogP contribution in [0.3, 0.4) is 0 Å². The molecule has 0 aliphatic rings. The normalized spacial score (nSPS) is 13.8. The lowest BCUT2D eigenvalue weighted by Crippen LogP contribution is -2.39. The summed E-state index contributed by atoms with van der Waals surface area (Å²) in [5, 5.41) is 13.2. The molecular weight excluding hydrogens is 188 g/mol. The summed E-state index contributed by atoms with van der Waals surface area (Å²) in [6, 6.07) is 0.580. The SMILES string of the molecule is CCCC(CCC)NCC(O)CN(C)C. The van der Waals surface area contributed by atoms with Crippen LogP contribution in [0.1, 0.15) is 39.5 Å². The summed E-state index contributed by atoms with van der Waals surface area (Å²) in [4.78, 5) is 2.01. The molecular formula is C12H28N2O. The zero-order chi connectivity index (χ0) is 11.7. The molecule has 15 heavy (non-hydrogen) atoms. The van der Waals surface area contributed by atoms with Crippen molar-refractivity contribution < 1.29 is 5.11 Å². The number of likely N-dealkylation sites (N-methyl/N-ethyl adjacent to an activating group) is 1. The van der Waals surface area contributed by atoms with Gasteiger partial charge in [0.05, 0.1) is 6.10 Å². The van der Waals surface area contributed by atoms with Crippen LogP contribution in [0.15, 0.2) is 0 Å². The first-order valence-electron chi connectivity index (χ1n) is 6.16. The molecule has 0 aromatic carbocycles. The average molecular weight is 216 g/mol. The molecule has 3 nitrogen and oxygen atoms in total. The van der Waals surface area contributed by atoms with Gasteiger partial charge < -0.3 is 15.3 Å². The van der Waals surface area contributed by atoms with Gasteiger partial charge in [-0.05, 0) is 26.9 Å². The largest absolute Gasteiger partial charge is 0.390 e. The molecule has 0 aromatic rings. The minimum atomic E-state index is -0.254. The number of hydrogen-bond donors (Lipinski definition) is 2. The van der Waals surface area contributed by atoms with E-state index in [1.54, 1.807) is 0 Å². The predicted molar refractivity (Wildman–Crippen MR) is 66.2 cm³/mol. The molecule has 1 atom stereocenters. The number of nitrogens with one attached hydrogen (secondary N) is 1. The van der Waals surface area contributed by atoms with Gasteiger partial charge >= 0.3 is 0 Å². The quantitative estimate of drug-likeness (QED) is 0.612. The second kappa shape index (κ2) is 9.13. The first-order valence-corrected chi connectivity index (χ1v) is 6.16. The topological polar surface area (TPSA) is 35.5 Å². The van der Waals surface area contributed by atoms with Crippen molar-refractivity contribution in [2.75, 3.05) is 27.2 Å². The van der Waals surface area contributed by atoms with Crippen LogP contribution in [0.25, 0.3) is 0 Å². The number of nitrogens with zero attached hydrogens (tertiary/aromatic N) is 1. The smallest absolute Gasteiger partial charge is 0.0791 e. The molecule has 0 saturated carbocycles. The van der Waals surface area contributed by atoms with Gasteiger partial charge in [-0.1, -0.05) is 26.7 Å². The zero-order valence-corrected chi connectivity index (χ0v) is 10.8. The second-order valence-electron chi connectivity index (χ2n) is 4.60. The Morgan fingerprint density at radius 1 is 1.13 bits per heavy atom. The number of hydrogen-bond acceptors (Lipinski definition) is 3. The standard InChI is InChI=1S/C12H28N2O/c1-5-7-11(8-6-2)13-9-12(15)10-14(3)4/h11-13,15H,5-10H2,1-4H3. The maximum absolute atomic E-state index is 9.70. The highest BCUT2D eigenvalue weighted by Crippen LogP contribution is 2.04. The first kappa shape index (κ1) is 14.9.